The van der Waals surface area contributed by atoms with Crippen LogP contribution in [0.4, 0.5) is 0 Å². The maximum absolute atomic E-state index is 10.8. The van der Waals surface area contributed by atoms with Crippen LogP contribution in [0.15, 0.2) is 35.2 Å². The first kappa shape index (κ1) is 16.1. The van der Waals surface area contributed by atoms with Gasteiger partial charge in [-0.3, -0.25) is 4.79 Å². The van der Waals surface area contributed by atoms with Crippen LogP contribution in [0.25, 0.3) is 0 Å². The molecule has 3 heteroatoms. The van der Waals surface area contributed by atoms with Gasteiger partial charge in [-0.2, -0.15) is 0 Å². The van der Waals surface area contributed by atoms with Gasteiger partial charge in [0.2, 0.25) is 0 Å². The van der Waals surface area contributed by atoms with Crippen molar-refractivity contribution in [1.82, 2.24) is 0 Å². The van der Waals surface area contributed by atoms with Gasteiger partial charge in [-0.1, -0.05) is 51.3 Å². The molecule has 1 aromatic carbocycles. The molecule has 0 aliphatic rings. The number of hydrogen-bond acceptors (Lipinski definition) is 2. The first-order chi connectivity index (χ1) is 9.06. The van der Waals surface area contributed by atoms with Crippen molar-refractivity contribution in [2.75, 3.05) is 0 Å². The first-order valence-corrected chi connectivity index (χ1v) is 7.83. The number of carbonyl (C=O) groups is 1. The van der Waals surface area contributed by atoms with Gasteiger partial charge in [-0.05, 0) is 25.0 Å². The van der Waals surface area contributed by atoms with Crippen LogP contribution in [0.2, 0.25) is 0 Å². The van der Waals surface area contributed by atoms with E-state index in [0.717, 1.165) is 12.8 Å². The molecular formula is C16H24O2S. The van der Waals surface area contributed by atoms with E-state index in [1.165, 1.54) is 24.2 Å². The number of benzene rings is 1. The van der Waals surface area contributed by atoms with Crippen LogP contribution in [-0.4, -0.2) is 15.8 Å². The molecule has 1 unspecified atom stereocenters. The third-order valence-electron chi connectivity index (χ3n) is 3.28. The standard InChI is InChI=1S/C16H24O2S/c1-3-4-8-12-16(2,13-11-15(17)18)19-14-9-6-5-7-10-14/h5-7,9-10H,3-4,8,11-13H2,1-2H3,(H,17,18). The van der Waals surface area contributed by atoms with Gasteiger partial charge in [0.1, 0.15) is 0 Å². The number of hydrogen-bond donors (Lipinski definition) is 1. The van der Waals surface area contributed by atoms with Gasteiger partial charge in [-0.15, -0.1) is 11.8 Å². The van der Waals surface area contributed by atoms with E-state index in [-0.39, 0.29) is 11.2 Å². The Kier molecular flexibility index (Phi) is 7.00. The Morgan fingerprint density at radius 2 is 1.89 bits per heavy atom. The molecule has 19 heavy (non-hydrogen) atoms. The molecule has 0 fully saturated rings. The summed E-state index contributed by atoms with van der Waals surface area (Å²) in [6.45, 7) is 4.39. The molecule has 0 radical (unpaired) electrons. The molecule has 0 aliphatic carbocycles. The highest BCUT2D eigenvalue weighted by Gasteiger charge is 2.26. The number of aliphatic carboxylic acids is 1. The van der Waals surface area contributed by atoms with Gasteiger partial charge in [0, 0.05) is 16.1 Å². The van der Waals surface area contributed by atoms with Crippen LogP contribution in [0.3, 0.4) is 0 Å². The second kappa shape index (κ2) is 8.26. The van der Waals surface area contributed by atoms with E-state index in [2.05, 4.69) is 26.0 Å². The van der Waals surface area contributed by atoms with E-state index >= 15 is 0 Å². The van der Waals surface area contributed by atoms with Gasteiger partial charge in [0.15, 0.2) is 0 Å². The lowest BCUT2D eigenvalue weighted by atomic mass is 9.97. The fourth-order valence-corrected chi connectivity index (χ4v) is 3.43. The van der Waals surface area contributed by atoms with Crippen LogP contribution in [0.1, 0.15) is 52.4 Å². The van der Waals surface area contributed by atoms with Crippen LogP contribution in [-0.2, 0) is 4.79 Å². The van der Waals surface area contributed by atoms with E-state index < -0.39 is 5.97 Å². The van der Waals surface area contributed by atoms with E-state index in [4.69, 9.17) is 5.11 Å². The highest BCUT2D eigenvalue weighted by molar-refractivity contribution is 8.00. The Labute approximate surface area is 120 Å². The second-order valence-corrected chi connectivity index (χ2v) is 6.88. The van der Waals surface area contributed by atoms with Crippen molar-refractivity contribution in [3.8, 4) is 0 Å². The van der Waals surface area contributed by atoms with Crippen molar-refractivity contribution >= 4 is 17.7 Å². The summed E-state index contributed by atoms with van der Waals surface area (Å²) in [5.74, 6) is -0.699. The van der Waals surface area contributed by atoms with E-state index in [0.29, 0.717) is 0 Å². The molecule has 0 aromatic heterocycles. The lowest BCUT2D eigenvalue weighted by molar-refractivity contribution is -0.137. The van der Waals surface area contributed by atoms with Crippen LogP contribution in [0.5, 0.6) is 0 Å². The van der Waals surface area contributed by atoms with Crippen molar-refractivity contribution < 1.29 is 9.90 Å². The molecule has 0 bridgehead atoms. The van der Waals surface area contributed by atoms with Crippen molar-refractivity contribution in [2.45, 2.75) is 62.0 Å². The quantitative estimate of drug-likeness (QED) is 0.512. The zero-order valence-corrected chi connectivity index (χ0v) is 12.7. The van der Waals surface area contributed by atoms with Crippen molar-refractivity contribution in [3.05, 3.63) is 30.3 Å². The Bertz CT molecular complexity index is 378. The summed E-state index contributed by atoms with van der Waals surface area (Å²) >= 11 is 1.82. The summed E-state index contributed by atoms with van der Waals surface area (Å²) in [5.41, 5.74) is 0. The normalized spacial score (nSPS) is 14.0. The number of thioether (sulfide) groups is 1. The van der Waals surface area contributed by atoms with E-state index in [1.807, 2.05) is 30.0 Å². The SMILES string of the molecule is CCCCCC(C)(CCC(=O)O)Sc1ccccc1. The molecule has 1 rings (SSSR count). The molecule has 0 saturated heterocycles. The van der Waals surface area contributed by atoms with Crippen LogP contribution in [0, 0.1) is 0 Å². The van der Waals surface area contributed by atoms with Gasteiger partial charge in [-0.25, -0.2) is 0 Å². The molecule has 0 heterocycles. The average Bonchev–Trinajstić information content (AvgIpc) is 2.38. The molecule has 0 aliphatic heterocycles. The van der Waals surface area contributed by atoms with Crippen LogP contribution < -0.4 is 0 Å². The monoisotopic (exact) mass is 280 g/mol. The van der Waals surface area contributed by atoms with Crippen molar-refractivity contribution in [3.63, 3.8) is 0 Å². The molecule has 1 atom stereocenters. The summed E-state index contributed by atoms with van der Waals surface area (Å²) in [5, 5.41) is 8.91. The summed E-state index contributed by atoms with van der Waals surface area (Å²) in [6.07, 6.45) is 5.65. The third-order valence-corrected chi connectivity index (χ3v) is 4.69. The zero-order chi connectivity index (χ0) is 14.1. The molecule has 1 N–H and O–H groups in total. The number of carboxylic acid groups (broad SMARTS) is 1. The molecule has 0 amide bonds. The summed E-state index contributed by atoms with van der Waals surface area (Å²) < 4.78 is 0.0227. The summed E-state index contributed by atoms with van der Waals surface area (Å²) in [7, 11) is 0. The van der Waals surface area contributed by atoms with Gasteiger partial charge in [0.05, 0.1) is 0 Å². The van der Waals surface area contributed by atoms with Gasteiger partial charge in [0.25, 0.3) is 0 Å². The average molecular weight is 280 g/mol. The van der Waals surface area contributed by atoms with E-state index in [1.54, 1.807) is 0 Å². The number of unbranched alkanes of at least 4 members (excludes halogenated alkanes) is 2. The van der Waals surface area contributed by atoms with Gasteiger partial charge < -0.3 is 5.11 Å². The maximum atomic E-state index is 10.8. The Balaban J connectivity index is 2.64. The fraction of sp³-hybridized carbons (Fsp3) is 0.562. The molecule has 1 aromatic rings. The second-order valence-electron chi connectivity index (χ2n) is 5.22. The molecule has 0 spiro atoms. The first-order valence-electron chi connectivity index (χ1n) is 7.01. The predicted octanol–water partition coefficient (Wildman–Crippen LogP) is 4.98. The van der Waals surface area contributed by atoms with Crippen molar-refractivity contribution in [2.24, 2.45) is 0 Å². The summed E-state index contributed by atoms with van der Waals surface area (Å²) in [6, 6.07) is 10.3. The molecule has 2 nitrogen and oxygen atoms in total. The summed E-state index contributed by atoms with van der Waals surface area (Å²) in [4.78, 5) is 12.0. The predicted molar refractivity (Wildman–Crippen MR) is 81.7 cm³/mol. The highest BCUT2D eigenvalue weighted by atomic mass is 32.2. The minimum atomic E-state index is -0.699. The minimum Gasteiger partial charge on any atom is -0.481 e. The fourth-order valence-electron chi connectivity index (χ4n) is 2.12. The molecular weight excluding hydrogens is 256 g/mol. The minimum absolute atomic E-state index is 0.0227. The topological polar surface area (TPSA) is 37.3 Å². The Hall–Kier alpha value is -0.960. The van der Waals surface area contributed by atoms with E-state index in [9.17, 15) is 4.79 Å². The number of carboxylic acids is 1. The molecule has 0 saturated carbocycles. The lowest BCUT2D eigenvalue weighted by Crippen LogP contribution is -2.21. The smallest absolute Gasteiger partial charge is 0.303 e. The largest absolute Gasteiger partial charge is 0.481 e. The number of rotatable bonds is 9. The van der Waals surface area contributed by atoms with Crippen LogP contribution >= 0.6 is 11.8 Å². The zero-order valence-electron chi connectivity index (χ0n) is 11.9. The highest BCUT2D eigenvalue weighted by Crippen LogP contribution is 2.40. The Morgan fingerprint density at radius 3 is 2.47 bits per heavy atom. The van der Waals surface area contributed by atoms with Crippen molar-refractivity contribution in [1.29, 1.82) is 0 Å². The van der Waals surface area contributed by atoms with Gasteiger partial charge >= 0.3 is 5.97 Å². The lowest BCUT2D eigenvalue weighted by Gasteiger charge is -2.28. The maximum Gasteiger partial charge on any atom is 0.303 e. The Morgan fingerprint density at radius 1 is 1.21 bits per heavy atom. The molecule has 106 valence electrons. The third kappa shape index (κ3) is 6.67.